The Balaban J connectivity index is 1.67. The number of anilines is 2. The third-order valence-corrected chi connectivity index (χ3v) is 4.23. The Morgan fingerprint density at radius 1 is 1.17 bits per heavy atom. The Hall–Kier alpha value is -3.01. The van der Waals surface area contributed by atoms with E-state index in [0.29, 0.717) is 11.7 Å². The lowest BCUT2D eigenvalue weighted by molar-refractivity contribution is 0.225. The molecule has 0 unspecified atom stereocenters. The molecule has 1 heterocycles. The van der Waals surface area contributed by atoms with Crippen LogP contribution in [0, 0.1) is 0 Å². The highest BCUT2D eigenvalue weighted by Crippen LogP contribution is 2.40. The van der Waals surface area contributed by atoms with E-state index in [9.17, 15) is 0 Å². The Bertz CT molecular complexity index is 932. The smallest absolute Gasteiger partial charge is 0.208 e. The fourth-order valence-corrected chi connectivity index (χ4v) is 2.89. The molecule has 3 aromatic rings. The summed E-state index contributed by atoms with van der Waals surface area (Å²) in [5.41, 5.74) is 9.13. The minimum Gasteiger partial charge on any atom is -0.326 e. The number of para-hydroxylation sites is 2. The number of hydrogen-bond acceptors (Lipinski definition) is 4. The summed E-state index contributed by atoms with van der Waals surface area (Å²) in [6.45, 7) is 3.55. The average Bonchev–Trinajstić information content (AvgIpc) is 3.38. The first-order valence-corrected chi connectivity index (χ1v) is 7.95. The van der Waals surface area contributed by atoms with Crippen LogP contribution in [0.3, 0.4) is 0 Å². The van der Waals surface area contributed by atoms with Gasteiger partial charge in [-0.15, -0.1) is 5.73 Å². The van der Waals surface area contributed by atoms with E-state index < -0.39 is 0 Å². The highest BCUT2D eigenvalue weighted by Gasteiger charge is 2.28. The van der Waals surface area contributed by atoms with Gasteiger partial charge in [0, 0.05) is 17.3 Å². The van der Waals surface area contributed by atoms with Gasteiger partial charge < -0.3 is 9.88 Å². The molecule has 3 N–H and O–H groups in total. The molecule has 0 radical (unpaired) electrons. The third-order valence-electron chi connectivity index (χ3n) is 4.23. The molecule has 1 saturated carbocycles. The van der Waals surface area contributed by atoms with Gasteiger partial charge in [0.05, 0.1) is 11.0 Å². The van der Waals surface area contributed by atoms with Crippen LogP contribution < -0.4 is 10.8 Å². The number of fused-ring (bicyclic) bond motifs is 1. The second kappa shape index (κ2) is 5.89. The van der Waals surface area contributed by atoms with Crippen molar-refractivity contribution in [2.24, 2.45) is 0 Å². The Labute approximate surface area is 139 Å². The maximum absolute atomic E-state index is 9.05. The van der Waals surface area contributed by atoms with Crippen LogP contribution in [0.25, 0.3) is 16.7 Å². The average molecular weight is 318 g/mol. The van der Waals surface area contributed by atoms with Gasteiger partial charge in [0.15, 0.2) is 0 Å². The van der Waals surface area contributed by atoms with Gasteiger partial charge in [0.1, 0.15) is 5.70 Å². The number of nitrogens with zero attached hydrogens (tertiary/aromatic N) is 2. The molecule has 1 fully saturated rings. The second-order valence-corrected chi connectivity index (χ2v) is 5.89. The van der Waals surface area contributed by atoms with Crippen molar-refractivity contribution < 1.29 is 5.21 Å². The van der Waals surface area contributed by atoms with Gasteiger partial charge in [-0.3, -0.25) is 10.7 Å². The largest absolute Gasteiger partial charge is 0.326 e. The van der Waals surface area contributed by atoms with Crippen LogP contribution in [-0.4, -0.2) is 14.8 Å². The van der Waals surface area contributed by atoms with Crippen LogP contribution in [0.2, 0.25) is 0 Å². The molecule has 0 atom stereocenters. The van der Waals surface area contributed by atoms with E-state index in [4.69, 9.17) is 10.2 Å². The zero-order chi connectivity index (χ0) is 16.5. The van der Waals surface area contributed by atoms with Crippen molar-refractivity contribution >= 4 is 28.4 Å². The highest BCUT2D eigenvalue weighted by molar-refractivity contribution is 5.80. The summed E-state index contributed by atoms with van der Waals surface area (Å²) in [7, 11) is 0. The van der Waals surface area contributed by atoms with Gasteiger partial charge in [-0.2, -0.15) is 0 Å². The number of aromatic nitrogens is 2. The molecular weight excluding hydrogens is 300 g/mol. The molecule has 1 aliphatic rings. The Morgan fingerprint density at radius 2 is 1.92 bits per heavy atom. The summed E-state index contributed by atoms with van der Waals surface area (Å²) in [6.07, 6.45) is 2.40. The van der Waals surface area contributed by atoms with E-state index >= 15 is 0 Å². The minimum absolute atomic E-state index is 0.451. The van der Waals surface area contributed by atoms with Crippen molar-refractivity contribution in [3.63, 3.8) is 0 Å². The summed E-state index contributed by atoms with van der Waals surface area (Å²) in [6, 6.07) is 16.4. The first kappa shape index (κ1) is 14.6. The van der Waals surface area contributed by atoms with Crippen molar-refractivity contribution in [3.05, 3.63) is 66.4 Å². The molecule has 5 nitrogen and oxygen atoms in total. The van der Waals surface area contributed by atoms with Gasteiger partial charge >= 0.3 is 0 Å². The summed E-state index contributed by atoms with van der Waals surface area (Å²) >= 11 is 0. The highest BCUT2D eigenvalue weighted by atomic mass is 16.5. The zero-order valence-electron chi connectivity index (χ0n) is 13.2. The first-order chi connectivity index (χ1) is 11.8. The van der Waals surface area contributed by atoms with Crippen LogP contribution in [0.1, 0.15) is 24.4 Å². The van der Waals surface area contributed by atoms with Gasteiger partial charge in [-0.05, 0) is 37.1 Å². The quantitative estimate of drug-likeness (QED) is 0.487. The molecule has 0 saturated heterocycles. The predicted octanol–water partition coefficient (Wildman–Crippen LogP) is 4.22. The van der Waals surface area contributed by atoms with E-state index in [2.05, 4.69) is 33.7 Å². The topological polar surface area (TPSA) is 62.1 Å². The van der Waals surface area contributed by atoms with Crippen molar-refractivity contribution in [1.29, 1.82) is 0 Å². The maximum atomic E-state index is 9.05. The van der Waals surface area contributed by atoms with Crippen molar-refractivity contribution in [2.45, 2.75) is 18.9 Å². The van der Waals surface area contributed by atoms with E-state index in [1.54, 1.807) is 0 Å². The van der Waals surface area contributed by atoms with E-state index in [-0.39, 0.29) is 0 Å². The van der Waals surface area contributed by atoms with Crippen LogP contribution in [0.5, 0.6) is 0 Å². The van der Waals surface area contributed by atoms with Gasteiger partial charge in [0.2, 0.25) is 5.95 Å². The van der Waals surface area contributed by atoms with Crippen LogP contribution in [0.15, 0.2) is 60.8 Å². The molecule has 5 heteroatoms. The molecule has 0 bridgehead atoms. The predicted molar refractivity (Wildman–Crippen MR) is 95.2 cm³/mol. The lowest BCUT2D eigenvalue weighted by Crippen LogP contribution is -2.05. The number of imidazole rings is 1. The number of hydroxylamine groups is 1. The molecule has 2 aromatic carbocycles. The fraction of sp³-hybridized carbons (Fsp3) is 0.158. The van der Waals surface area contributed by atoms with Crippen LogP contribution >= 0.6 is 0 Å². The van der Waals surface area contributed by atoms with Crippen molar-refractivity contribution in [3.8, 4) is 0 Å². The molecule has 120 valence electrons. The Morgan fingerprint density at radius 3 is 2.58 bits per heavy atom. The third kappa shape index (κ3) is 2.56. The second-order valence-electron chi connectivity index (χ2n) is 5.89. The van der Waals surface area contributed by atoms with E-state index in [0.717, 1.165) is 22.7 Å². The number of nitrogens with one attached hydrogen (secondary N) is 2. The zero-order valence-corrected chi connectivity index (χ0v) is 13.2. The lowest BCUT2D eigenvalue weighted by atomic mass is 10.1. The van der Waals surface area contributed by atoms with Gasteiger partial charge in [-0.25, -0.2) is 4.98 Å². The Kier molecular flexibility index (Phi) is 3.58. The monoisotopic (exact) mass is 318 g/mol. The van der Waals surface area contributed by atoms with Crippen LogP contribution in [0.4, 0.5) is 11.6 Å². The first-order valence-electron chi connectivity index (χ1n) is 7.95. The SMILES string of the molecule is C=C=C(NO)c1ccc(Nc2nc3ccccc3n2C2CC2)cc1. The molecule has 1 aliphatic carbocycles. The molecule has 0 amide bonds. The summed E-state index contributed by atoms with van der Waals surface area (Å²) in [5, 5.41) is 12.5. The molecule has 24 heavy (non-hydrogen) atoms. The molecule has 4 rings (SSSR count). The van der Waals surface area contributed by atoms with Crippen molar-refractivity contribution in [2.75, 3.05) is 5.32 Å². The normalized spacial score (nSPS) is 13.5. The summed E-state index contributed by atoms with van der Waals surface area (Å²) in [4.78, 5) is 4.73. The number of rotatable bonds is 5. The van der Waals surface area contributed by atoms with Crippen LogP contribution in [-0.2, 0) is 0 Å². The summed E-state index contributed by atoms with van der Waals surface area (Å²) < 4.78 is 2.29. The van der Waals surface area contributed by atoms with E-state index in [1.807, 2.05) is 42.5 Å². The maximum Gasteiger partial charge on any atom is 0.208 e. The van der Waals surface area contributed by atoms with Gasteiger partial charge in [-0.1, -0.05) is 30.8 Å². The number of hydrogen-bond donors (Lipinski definition) is 3. The van der Waals surface area contributed by atoms with Crippen molar-refractivity contribution in [1.82, 2.24) is 15.0 Å². The number of benzene rings is 2. The van der Waals surface area contributed by atoms with Gasteiger partial charge in [0.25, 0.3) is 0 Å². The standard InChI is InChI=1S/C19H18N4O/c1-2-16(22-24)13-7-9-14(10-8-13)20-19-21-17-5-3-4-6-18(17)23(19)15-11-12-15/h3-10,15,22,24H,1,11-12H2,(H,20,21). The summed E-state index contributed by atoms with van der Waals surface area (Å²) in [5.74, 6) is 0.867. The molecule has 0 spiro atoms. The molecule has 1 aromatic heterocycles. The molecule has 0 aliphatic heterocycles. The molecular formula is C19H18N4O. The van der Waals surface area contributed by atoms with E-state index in [1.165, 1.54) is 18.4 Å². The minimum atomic E-state index is 0.451. The lowest BCUT2D eigenvalue weighted by Gasteiger charge is -2.10. The fourth-order valence-electron chi connectivity index (χ4n) is 2.89.